The maximum atomic E-state index is 5.60. The molecule has 0 unspecified atom stereocenters. The van der Waals surface area contributed by atoms with Crippen LogP contribution in [0.2, 0.25) is 0 Å². The van der Waals surface area contributed by atoms with E-state index in [-0.39, 0.29) is 19.5 Å². The number of aromatic nitrogens is 8. The molecule has 9 heteroatoms. The number of unbranched alkanes of at least 4 members (excludes halogenated alkanes) is 32. The van der Waals surface area contributed by atoms with Crippen LogP contribution < -0.4 is 9.97 Å². The summed E-state index contributed by atoms with van der Waals surface area (Å²) in [6.45, 7) is 18.0. The molecule has 5 heterocycles. The first-order valence-electron chi connectivity index (χ1n) is 40.7. The molecule has 0 spiro atoms. The van der Waals surface area contributed by atoms with Gasteiger partial charge in [0.1, 0.15) is 0 Å². The Morgan fingerprint density at radius 2 is 0.371 bits per heavy atom. The number of fused-ring (bicyclic) bond motifs is 20. The van der Waals surface area contributed by atoms with Crippen LogP contribution in [0.15, 0.2) is 48.5 Å². The fourth-order valence-electron chi connectivity index (χ4n) is 13.1. The molecule has 0 aliphatic carbocycles. The third kappa shape index (κ3) is 24.7. The molecule has 2 aliphatic rings. The minimum Gasteiger partial charge on any atom is -0.357 e. The quantitative estimate of drug-likeness (QED) is 0.0233. The number of nitrogens with zero attached hydrogens (tertiary/aromatic N) is 8. The third-order valence-electron chi connectivity index (χ3n) is 19.3. The molecule has 0 saturated carbocycles. The van der Waals surface area contributed by atoms with Crippen molar-refractivity contribution in [1.82, 2.24) is 39.9 Å². The minimum atomic E-state index is 0. The second kappa shape index (κ2) is 46.3. The van der Waals surface area contributed by atoms with Crippen LogP contribution in [-0.2, 0) is 19.5 Å². The van der Waals surface area contributed by atoms with Crippen molar-refractivity contribution in [1.29, 1.82) is 0 Å². The third-order valence-corrected chi connectivity index (χ3v) is 19.3. The van der Waals surface area contributed by atoms with Gasteiger partial charge in [-0.15, -0.1) is 0 Å². The van der Waals surface area contributed by atoms with E-state index in [1.807, 2.05) is 0 Å². The molecular formula is C96H112N8Zn. The van der Waals surface area contributed by atoms with Gasteiger partial charge in [-0.3, -0.25) is 0 Å². The predicted octanol–water partition coefficient (Wildman–Crippen LogP) is 24.7. The summed E-state index contributed by atoms with van der Waals surface area (Å²) in [4.78, 5) is 44.4. The molecule has 3 aromatic heterocycles. The first-order chi connectivity index (χ1) is 51.3. The summed E-state index contributed by atoms with van der Waals surface area (Å²) < 4.78 is 0. The van der Waals surface area contributed by atoms with Crippen LogP contribution in [0.3, 0.4) is 0 Å². The summed E-state index contributed by atoms with van der Waals surface area (Å²) in [5.41, 5.74) is 11.6. The molecule has 4 aromatic carbocycles. The summed E-state index contributed by atoms with van der Waals surface area (Å²) in [7, 11) is 0. The fraction of sp³-hybridized carbons (Fsp3) is 0.500. The van der Waals surface area contributed by atoms with Gasteiger partial charge in [0.2, 0.25) is 0 Å². The zero-order valence-electron chi connectivity index (χ0n) is 65.2. The van der Waals surface area contributed by atoms with Crippen molar-refractivity contribution >= 4 is 44.1 Å². The molecule has 8 bridgehead atoms. The van der Waals surface area contributed by atoms with Gasteiger partial charge in [-0.1, -0.05) is 304 Å². The predicted molar refractivity (Wildman–Crippen MR) is 439 cm³/mol. The van der Waals surface area contributed by atoms with Crippen molar-refractivity contribution in [2.45, 2.75) is 312 Å². The molecule has 8 nitrogen and oxygen atoms in total. The van der Waals surface area contributed by atoms with Crippen molar-refractivity contribution < 1.29 is 19.5 Å². The molecule has 0 N–H and O–H groups in total. The van der Waals surface area contributed by atoms with E-state index in [4.69, 9.17) is 39.9 Å². The smallest absolute Gasteiger partial charge is 0.357 e. The van der Waals surface area contributed by atoms with Gasteiger partial charge in [-0.05, 0) is 121 Å². The molecule has 0 radical (unpaired) electrons. The number of hydrogen-bond acceptors (Lipinski definition) is 6. The standard InChI is InChI=1S/C96H112N8.Zn/c1-9-17-25-33-41-49-57-73-65-81-82(66-74(73)58-50-42-34-26-18-10-2)90-97-89(81)101-91-83-67-75(59-51-43-35-27-19-11-3)76(60-52-44-36-28-20-12-4)68-84(83)93(98-91)103-95-87-71-79(63-55-47-39-31-23-15-7)80(64-56-48-40-32-24-16-8)72-88(87)96(100-95)104-94-86-70-78(62-54-46-38-30-22-14-6)77(61-53-45-37-29-21-13-5)69-85(86)92(99-94)102-90;/h65-72H,9-48H2,1-8H3;/q-2;+2. The second-order valence-corrected chi connectivity index (χ2v) is 28.2. The molecule has 9 rings (SSSR count). The van der Waals surface area contributed by atoms with Gasteiger partial charge in [-0.25, -0.2) is 9.97 Å². The average Bonchev–Trinajstić information content (AvgIpc) is 1.60. The molecule has 0 atom stereocenters. The van der Waals surface area contributed by atoms with Gasteiger partial charge in [0, 0.05) is 141 Å². The number of rotatable bonds is 32. The van der Waals surface area contributed by atoms with Crippen LogP contribution in [0, 0.1) is 94.7 Å². The van der Waals surface area contributed by atoms with Crippen molar-refractivity contribution in [2.75, 3.05) is 0 Å². The Morgan fingerprint density at radius 1 is 0.210 bits per heavy atom. The molecule has 0 saturated heterocycles. The first kappa shape index (κ1) is 82.0. The van der Waals surface area contributed by atoms with Gasteiger partial charge >= 0.3 is 19.5 Å². The summed E-state index contributed by atoms with van der Waals surface area (Å²) in [6.07, 6.45) is 42.7. The van der Waals surface area contributed by atoms with Gasteiger partial charge in [-0.2, -0.15) is 0 Å². The van der Waals surface area contributed by atoms with Crippen molar-refractivity contribution in [3.05, 3.63) is 93.0 Å². The largest absolute Gasteiger partial charge is 2.00 e. The van der Waals surface area contributed by atoms with E-state index in [0.29, 0.717) is 45.9 Å². The monoisotopic (exact) mass is 1440 g/mol. The van der Waals surface area contributed by atoms with Crippen LogP contribution >= 0.6 is 0 Å². The van der Waals surface area contributed by atoms with E-state index in [1.165, 1.54) is 103 Å². The molecule has 0 amide bonds. The van der Waals surface area contributed by atoms with E-state index in [9.17, 15) is 0 Å². The van der Waals surface area contributed by atoms with Crippen LogP contribution in [0.5, 0.6) is 0 Å². The fourth-order valence-corrected chi connectivity index (χ4v) is 13.1. The number of hydrogen-bond donors (Lipinski definition) is 0. The van der Waals surface area contributed by atoms with E-state index < -0.39 is 0 Å². The first-order valence-corrected chi connectivity index (χ1v) is 40.7. The summed E-state index contributed by atoms with van der Waals surface area (Å²) in [6, 6.07) is 17.0. The maximum absolute atomic E-state index is 5.60. The molecular weight excluding hydrogens is 1330 g/mol. The van der Waals surface area contributed by atoms with E-state index in [1.54, 1.807) is 0 Å². The van der Waals surface area contributed by atoms with Crippen molar-refractivity contribution in [2.24, 2.45) is 0 Å². The molecule has 2 aliphatic heterocycles. The Bertz CT molecular complexity index is 4180. The maximum Gasteiger partial charge on any atom is 2.00 e. The van der Waals surface area contributed by atoms with Crippen LogP contribution in [0.1, 0.15) is 357 Å². The zero-order chi connectivity index (χ0) is 72.8. The molecule has 538 valence electrons. The normalized spacial score (nSPS) is 10.7. The summed E-state index contributed by atoms with van der Waals surface area (Å²) >= 11 is 0. The van der Waals surface area contributed by atoms with Gasteiger partial charge in [0.25, 0.3) is 0 Å². The van der Waals surface area contributed by atoms with Crippen LogP contribution in [-0.4, -0.2) is 29.9 Å². The van der Waals surface area contributed by atoms with Crippen molar-refractivity contribution in [3.8, 4) is 140 Å². The SMILES string of the molecule is CCCCCCC#Cc1cc2c(cc1C#CCCCCCC)-c1nc-2nc2[n-]c(nc3nc(nc4[n-]c(n1)c1cc(C#CCCCCCC)c(C#CCCCCCC)cc41)-c1cc(C#CCCCCCC)c(C#CCCCCCC)cc1-3)c1cc(C#CCCCCCC)c(C#CCCCCCC)cc21.[Zn+2]. The Kier molecular flexibility index (Phi) is 36.2. The number of benzene rings is 4. The van der Waals surface area contributed by atoms with E-state index in [2.05, 4.69) is 199 Å². The van der Waals surface area contributed by atoms with Crippen LogP contribution in [0.25, 0.3) is 89.7 Å². The molecule has 105 heavy (non-hydrogen) atoms. The topological polar surface area (TPSA) is 106 Å². The van der Waals surface area contributed by atoms with Gasteiger partial charge in [0.05, 0.1) is 23.3 Å². The Hall–Kier alpha value is -8.66. The van der Waals surface area contributed by atoms with Gasteiger partial charge in [0.15, 0.2) is 0 Å². The molecule has 7 aromatic rings. The van der Waals surface area contributed by atoms with Crippen LogP contribution in [0.4, 0.5) is 0 Å². The van der Waals surface area contributed by atoms with E-state index >= 15 is 0 Å². The zero-order valence-corrected chi connectivity index (χ0v) is 68.2. The Labute approximate surface area is 644 Å². The van der Waals surface area contributed by atoms with Gasteiger partial charge < -0.3 is 29.9 Å². The molecule has 0 fully saturated rings. The average molecular weight is 1440 g/mol. The Morgan fingerprint density at radius 3 is 0.533 bits per heavy atom. The van der Waals surface area contributed by atoms with Crippen molar-refractivity contribution in [3.63, 3.8) is 0 Å². The summed E-state index contributed by atoms with van der Waals surface area (Å²) in [5, 5.41) is 3.12. The minimum absolute atomic E-state index is 0. The van der Waals surface area contributed by atoms with E-state index in [0.717, 1.165) is 242 Å². The summed E-state index contributed by atoms with van der Waals surface area (Å²) in [5.74, 6) is 59.2. The Balaban J connectivity index is 0.0000139. The second-order valence-electron chi connectivity index (χ2n) is 28.2.